The zero-order valence-electron chi connectivity index (χ0n) is 20.5. The molecule has 2 aromatic heterocycles. The maximum atomic E-state index is 12.0. The van der Waals surface area contributed by atoms with E-state index in [4.69, 9.17) is 37.4 Å². The van der Waals surface area contributed by atoms with Crippen molar-refractivity contribution in [2.24, 2.45) is 11.8 Å². The molecule has 4 atom stereocenters. The Labute approximate surface area is 234 Å². The molecule has 0 amide bonds. The summed E-state index contributed by atoms with van der Waals surface area (Å²) in [5.74, 6) is 1.39. The predicted octanol–water partition coefficient (Wildman–Crippen LogP) is 7.60. The van der Waals surface area contributed by atoms with E-state index in [0.717, 1.165) is 65.1 Å². The molecule has 3 fully saturated rings. The fourth-order valence-corrected chi connectivity index (χ4v) is 8.23. The van der Waals surface area contributed by atoms with Crippen LogP contribution in [0.3, 0.4) is 0 Å². The van der Waals surface area contributed by atoms with Gasteiger partial charge in [0, 0.05) is 17.0 Å². The molecule has 194 valence electrons. The summed E-state index contributed by atoms with van der Waals surface area (Å²) in [4.78, 5) is 4.81. The number of nitriles is 1. The lowest BCUT2D eigenvalue weighted by atomic mass is 9.73. The second-order valence-electron chi connectivity index (χ2n) is 10.8. The average Bonchev–Trinajstić information content (AvgIpc) is 3.50. The number of aliphatic hydroxyl groups is 1. The number of fused-ring (bicyclic) bond motifs is 3. The molecule has 38 heavy (non-hydrogen) atoms. The highest BCUT2D eigenvalue weighted by Gasteiger charge is 2.56. The molecule has 9 heteroatoms. The topological polar surface area (TPSA) is 92.2 Å². The molecular formula is C29H25Cl2N3O3S. The van der Waals surface area contributed by atoms with E-state index in [-0.39, 0.29) is 17.9 Å². The third-order valence-corrected chi connectivity index (χ3v) is 10.3. The van der Waals surface area contributed by atoms with Crippen molar-refractivity contribution in [2.75, 3.05) is 0 Å². The number of rotatable bonds is 6. The van der Waals surface area contributed by atoms with Gasteiger partial charge in [-0.2, -0.15) is 5.26 Å². The Hall–Kier alpha value is -2.47. The van der Waals surface area contributed by atoms with Crippen LogP contribution in [-0.2, 0) is 16.9 Å². The Kier molecular flexibility index (Phi) is 6.03. The first-order chi connectivity index (χ1) is 18.5. The van der Waals surface area contributed by atoms with Gasteiger partial charge in [-0.3, -0.25) is 0 Å². The minimum atomic E-state index is -0.955. The molecule has 1 N–H and O–H groups in total. The maximum absolute atomic E-state index is 12.0. The normalized spacial score (nSPS) is 26.6. The Balaban J connectivity index is 1.13. The molecule has 6 nitrogen and oxygen atoms in total. The second kappa shape index (κ2) is 9.32. The largest absolute Gasteiger partial charge is 0.382 e. The van der Waals surface area contributed by atoms with Crippen LogP contribution in [0, 0.1) is 23.2 Å². The fraction of sp³-hybridized carbons (Fsp3) is 0.414. The van der Waals surface area contributed by atoms with E-state index in [9.17, 15) is 10.4 Å². The van der Waals surface area contributed by atoms with Crippen LogP contribution < -0.4 is 0 Å². The number of hydrogen-bond acceptors (Lipinski definition) is 7. The van der Waals surface area contributed by atoms with E-state index in [1.807, 2.05) is 30.3 Å². The van der Waals surface area contributed by atoms with E-state index >= 15 is 0 Å². The van der Waals surface area contributed by atoms with Crippen LogP contribution in [0.15, 0.2) is 40.9 Å². The Morgan fingerprint density at radius 3 is 2.53 bits per heavy atom. The highest BCUT2D eigenvalue weighted by molar-refractivity contribution is 7.18. The quantitative estimate of drug-likeness (QED) is 0.258. The number of benzene rings is 2. The molecule has 0 saturated heterocycles. The summed E-state index contributed by atoms with van der Waals surface area (Å²) in [7, 11) is 0. The highest BCUT2D eigenvalue weighted by Crippen LogP contribution is 2.57. The Bertz CT molecular complexity index is 1550. The van der Waals surface area contributed by atoms with Crippen molar-refractivity contribution in [3.63, 3.8) is 0 Å². The Morgan fingerprint density at radius 2 is 1.84 bits per heavy atom. The summed E-state index contributed by atoms with van der Waals surface area (Å²) in [6, 6.07) is 13.1. The summed E-state index contributed by atoms with van der Waals surface area (Å²) in [6.07, 6.45) is 5.59. The standard InChI is InChI=1S/C29H25Cl2N3O3S/c30-21-2-1-3-22(31)25(21)26-20(27(37-34-26)16-5-6-16)14-36-19-11-17-7-8-18(12-19)29(17,35)28-33-23-9-4-15(13-32)10-24(23)38-28/h1-4,9-10,16-19,35H,5-8,11-12,14H2/t17-,18+,19-,29-. The van der Waals surface area contributed by atoms with Gasteiger partial charge in [0.15, 0.2) is 0 Å². The lowest BCUT2D eigenvalue weighted by Crippen LogP contribution is -2.44. The van der Waals surface area contributed by atoms with E-state index in [1.54, 1.807) is 6.07 Å². The molecule has 0 spiro atoms. The van der Waals surface area contributed by atoms with Gasteiger partial charge in [0.2, 0.25) is 0 Å². The SMILES string of the molecule is N#Cc1ccc2nc([C@@]3(O)[C@@H]4CC[C@H]3C[C@H](OCc3c(-c5c(Cl)cccc5Cl)noc3C3CC3)C4)sc2c1. The molecule has 0 radical (unpaired) electrons. The van der Waals surface area contributed by atoms with Crippen LogP contribution in [0.2, 0.25) is 10.0 Å². The number of nitrogens with zero attached hydrogens (tertiary/aromatic N) is 3. The number of halogens is 2. The minimum Gasteiger partial charge on any atom is -0.382 e. The van der Waals surface area contributed by atoms with Crippen molar-refractivity contribution in [2.45, 2.75) is 62.8 Å². The number of aromatic nitrogens is 2. The van der Waals surface area contributed by atoms with Gasteiger partial charge in [0.05, 0.1) is 44.6 Å². The molecular weight excluding hydrogens is 541 g/mol. The second-order valence-corrected chi connectivity index (χ2v) is 12.6. The third kappa shape index (κ3) is 3.97. The molecule has 3 saturated carbocycles. The van der Waals surface area contributed by atoms with Gasteiger partial charge in [0.25, 0.3) is 0 Å². The van der Waals surface area contributed by atoms with Gasteiger partial charge >= 0.3 is 0 Å². The number of ether oxygens (including phenoxy) is 1. The molecule has 3 aliphatic rings. The lowest BCUT2D eigenvalue weighted by molar-refractivity contribution is -0.116. The van der Waals surface area contributed by atoms with E-state index < -0.39 is 5.60 Å². The van der Waals surface area contributed by atoms with Gasteiger partial charge in [-0.15, -0.1) is 11.3 Å². The zero-order chi connectivity index (χ0) is 26.0. The van der Waals surface area contributed by atoms with Gasteiger partial charge < -0.3 is 14.4 Å². The molecule has 0 aliphatic heterocycles. The van der Waals surface area contributed by atoms with E-state index in [2.05, 4.69) is 11.2 Å². The zero-order valence-corrected chi connectivity index (χ0v) is 22.8. The van der Waals surface area contributed by atoms with Crippen LogP contribution >= 0.6 is 34.5 Å². The summed E-state index contributed by atoms with van der Waals surface area (Å²) < 4.78 is 13.3. The van der Waals surface area contributed by atoms with Crippen LogP contribution in [0.25, 0.3) is 21.5 Å². The molecule has 3 aliphatic carbocycles. The Morgan fingerprint density at radius 1 is 1.11 bits per heavy atom. The van der Waals surface area contributed by atoms with Crippen LogP contribution in [0.1, 0.15) is 66.3 Å². The van der Waals surface area contributed by atoms with Crippen molar-refractivity contribution in [3.05, 3.63) is 68.3 Å². The first-order valence-electron chi connectivity index (χ1n) is 13.0. The number of hydrogen-bond donors (Lipinski definition) is 1. The molecule has 2 aromatic carbocycles. The first kappa shape index (κ1) is 24.6. The summed E-state index contributed by atoms with van der Waals surface area (Å²) in [5.41, 5.74) is 2.75. The summed E-state index contributed by atoms with van der Waals surface area (Å²) in [5, 5.41) is 27.5. The van der Waals surface area contributed by atoms with Crippen molar-refractivity contribution < 1.29 is 14.4 Å². The van der Waals surface area contributed by atoms with Crippen molar-refractivity contribution in [1.82, 2.24) is 10.1 Å². The average molecular weight is 567 g/mol. The maximum Gasteiger partial charge on any atom is 0.145 e. The molecule has 7 rings (SSSR count). The van der Waals surface area contributed by atoms with Crippen LogP contribution in [-0.4, -0.2) is 21.4 Å². The van der Waals surface area contributed by atoms with Gasteiger partial charge in [-0.1, -0.05) is 34.4 Å². The first-order valence-corrected chi connectivity index (χ1v) is 14.6. The van der Waals surface area contributed by atoms with Crippen LogP contribution in [0.5, 0.6) is 0 Å². The highest BCUT2D eigenvalue weighted by atomic mass is 35.5. The van der Waals surface area contributed by atoms with Crippen molar-refractivity contribution in [1.29, 1.82) is 5.26 Å². The molecule has 2 bridgehead atoms. The minimum absolute atomic E-state index is 0.0175. The lowest BCUT2D eigenvalue weighted by Gasteiger charge is -2.41. The fourth-order valence-electron chi connectivity index (χ4n) is 6.40. The van der Waals surface area contributed by atoms with Crippen molar-refractivity contribution >= 4 is 44.8 Å². The summed E-state index contributed by atoms with van der Waals surface area (Å²) in [6.45, 7) is 0.368. The van der Waals surface area contributed by atoms with Crippen molar-refractivity contribution in [3.8, 4) is 17.3 Å². The van der Waals surface area contributed by atoms with E-state index in [1.165, 1.54) is 11.3 Å². The van der Waals surface area contributed by atoms with E-state index in [0.29, 0.717) is 39.4 Å². The molecule has 4 aromatic rings. The summed E-state index contributed by atoms with van der Waals surface area (Å²) >= 11 is 14.5. The molecule has 0 unspecified atom stereocenters. The smallest absolute Gasteiger partial charge is 0.145 e. The predicted molar refractivity (Wildman–Crippen MR) is 146 cm³/mol. The molecule has 2 heterocycles. The third-order valence-electron chi connectivity index (χ3n) is 8.49. The van der Waals surface area contributed by atoms with Gasteiger partial charge in [0.1, 0.15) is 22.1 Å². The van der Waals surface area contributed by atoms with Gasteiger partial charge in [-0.05, 0) is 80.7 Å². The number of thiazole rings is 1. The van der Waals surface area contributed by atoms with Crippen LogP contribution in [0.4, 0.5) is 0 Å². The monoisotopic (exact) mass is 565 g/mol. The van der Waals surface area contributed by atoms with Gasteiger partial charge in [-0.25, -0.2) is 4.98 Å².